The lowest BCUT2D eigenvalue weighted by atomic mass is 10.0. The van der Waals surface area contributed by atoms with Crippen LogP contribution < -0.4 is 5.32 Å². The maximum absolute atomic E-state index is 4.68. The molecule has 1 aromatic rings. The van der Waals surface area contributed by atoms with E-state index in [1.54, 1.807) is 0 Å². The molecule has 0 aliphatic heterocycles. The summed E-state index contributed by atoms with van der Waals surface area (Å²) < 4.78 is 4.68. The van der Waals surface area contributed by atoms with Gasteiger partial charge in [0.05, 0.1) is 6.54 Å². The standard InChI is InChI=1S/C10H17N3O/c1-2-8-4-3-5-9(8)11-6-10-12-7-14-13-10/h7-9,11H,2-6H2,1H3. The Morgan fingerprint density at radius 3 is 3.21 bits per heavy atom. The monoisotopic (exact) mass is 195 g/mol. The smallest absolute Gasteiger partial charge is 0.213 e. The Balaban J connectivity index is 1.80. The first kappa shape index (κ1) is 9.65. The highest BCUT2D eigenvalue weighted by Gasteiger charge is 2.25. The highest BCUT2D eigenvalue weighted by atomic mass is 16.5. The van der Waals surface area contributed by atoms with E-state index in [0.717, 1.165) is 18.3 Å². The second-order valence-electron chi connectivity index (χ2n) is 3.93. The van der Waals surface area contributed by atoms with E-state index in [0.29, 0.717) is 6.04 Å². The van der Waals surface area contributed by atoms with Crippen LogP contribution in [0.2, 0.25) is 0 Å². The van der Waals surface area contributed by atoms with Gasteiger partial charge < -0.3 is 9.84 Å². The van der Waals surface area contributed by atoms with E-state index in [4.69, 9.17) is 0 Å². The van der Waals surface area contributed by atoms with Crippen molar-refractivity contribution in [2.24, 2.45) is 5.92 Å². The molecule has 78 valence electrons. The van der Waals surface area contributed by atoms with Gasteiger partial charge in [0.1, 0.15) is 0 Å². The second-order valence-corrected chi connectivity index (χ2v) is 3.93. The predicted molar refractivity (Wildman–Crippen MR) is 52.6 cm³/mol. The molecule has 1 heterocycles. The van der Waals surface area contributed by atoms with Crippen LogP contribution in [0.1, 0.15) is 38.4 Å². The summed E-state index contributed by atoms with van der Waals surface area (Å²) in [7, 11) is 0. The van der Waals surface area contributed by atoms with E-state index < -0.39 is 0 Å². The van der Waals surface area contributed by atoms with Crippen LogP contribution in [0.4, 0.5) is 0 Å². The van der Waals surface area contributed by atoms with Crippen LogP contribution in [-0.2, 0) is 6.54 Å². The average molecular weight is 195 g/mol. The van der Waals surface area contributed by atoms with Crippen molar-refractivity contribution in [3.63, 3.8) is 0 Å². The van der Waals surface area contributed by atoms with Gasteiger partial charge in [-0.2, -0.15) is 4.98 Å². The van der Waals surface area contributed by atoms with Crippen molar-refractivity contribution < 1.29 is 4.52 Å². The van der Waals surface area contributed by atoms with Gasteiger partial charge in [-0.05, 0) is 18.8 Å². The van der Waals surface area contributed by atoms with Crippen molar-refractivity contribution in [2.75, 3.05) is 0 Å². The van der Waals surface area contributed by atoms with Crippen molar-refractivity contribution in [1.82, 2.24) is 15.5 Å². The van der Waals surface area contributed by atoms with E-state index in [-0.39, 0.29) is 0 Å². The Morgan fingerprint density at radius 2 is 2.50 bits per heavy atom. The Bertz CT molecular complexity index is 260. The molecule has 1 N–H and O–H groups in total. The van der Waals surface area contributed by atoms with Gasteiger partial charge in [-0.3, -0.25) is 0 Å². The first-order valence-electron chi connectivity index (χ1n) is 5.38. The van der Waals surface area contributed by atoms with Crippen molar-refractivity contribution in [2.45, 2.75) is 45.2 Å². The van der Waals surface area contributed by atoms with Gasteiger partial charge in [-0.1, -0.05) is 24.9 Å². The molecule has 1 aromatic heterocycles. The third-order valence-electron chi connectivity index (χ3n) is 3.11. The maximum atomic E-state index is 4.68. The molecule has 14 heavy (non-hydrogen) atoms. The lowest BCUT2D eigenvalue weighted by molar-refractivity contribution is 0.373. The minimum absolute atomic E-state index is 0.651. The molecule has 2 atom stereocenters. The van der Waals surface area contributed by atoms with Crippen LogP contribution in [-0.4, -0.2) is 16.2 Å². The summed E-state index contributed by atoms with van der Waals surface area (Å²) in [5, 5.41) is 7.28. The van der Waals surface area contributed by atoms with E-state index in [1.165, 1.54) is 32.1 Å². The van der Waals surface area contributed by atoms with Crippen LogP contribution in [0.5, 0.6) is 0 Å². The van der Waals surface area contributed by atoms with Gasteiger partial charge >= 0.3 is 0 Å². The van der Waals surface area contributed by atoms with Crippen molar-refractivity contribution in [3.8, 4) is 0 Å². The molecule has 0 radical (unpaired) electrons. The summed E-state index contributed by atoms with van der Waals surface area (Å²) in [5.74, 6) is 1.59. The molecule has 0 amide bonds. The van der Waals surface area contributed by atoms with Crippen molar-refractivity contribution in [3.05, 3.63) is 12.2 Å². The topological polar surface area (TPSA) is 51.0 Å². The lowest BCUT2D eigenvalue weighted by Gasteiger charge is -2.18. The fourth-order valence-electron chi connectivity index (χ4n) is 2.29. The van der Waals surface area contributed by atoms with Gasteiger partial charge in [0.25, 0.3) is 0 Å². The third kappa shape index (κ3) is 2.12. The fraction of sp³-hybridized carbons (Fsp3) is 0.800. The molecule has 2 unspecified atom stereocenters. The van der Waals surface area contributed by atoms with Crippen molar-refractivity contribution >= 4 is 0 Å². The normalized spacial score (nSPS) is 26.9. The SMILES string of the molecule is CCC1CCCC1NCc1ncon1. The van der Waals surface area contributed by atoms with Crippen molar-refractivity contribution in [1.29, 1.82) is 0 Å². The molecule has 0 aromatic carbocycles. The van der Waals surface area contributed by atoms with Crippen LogP contribution >= 0.6 is 0 Å². The van der Waals surface area contributed by atoms with E-state index in [2.05, 4.69) is 26.9 Å². The summed E-state index contributed by atoms with van der Waals surface area (Å²) in [6, 6.07) is 0.651. The molecule has 2 rings (SSSR count). The highest BCUT2D eigenvalue weighted by molar-refractivity contribution is 4.85. The number of rotatable bonds is 4. The molecular weight excluding hydrogens is 178 g/mol. The number of nitrogens with zero attached hydrogens (tertiary/aromatic N) is 2. The van der Waals surface area contributed by atoms with Gasteiger partial charge in [0.15, 0.2) is 5.82 Å². The molecule has 4 heteroatoms. The summed E-state index contributed by atoms with van der Waals surface area (Å²) in [6.45, 7) is 3.00. The lowest BCUT2D eigenvalue weighted by Crippen LogP contribution is -2.31. The average Bonchev–Trinajstić information content (AvgIpc) is 2.85. The fourth-order valence-corrected chi connectivity index (χ4v) is 2.29. The zero-order valence-electron chi connectivity index (χ0n) is 8.57. The van der Waals surface area contributed by atoms with Gasteiger partial charge in [0, 0.05) is 6.04 Å². The van der Waals surface area contributed by atoms with Crippen LogP contribution in [0.15, 0.2) is 10.9 Å². The van der Waals surface area contributed by atoms with Crippen LogP contribution in [0, 0.1) is 5.92 Å². The Hall–Kier alpha value is -0.900. The summed E-state index contributed by atoms with van der Waals surface area (Å²) >= 11 is 0. The molecule has 4 nitrogen and oxygen atoms in total. The molecule has 0 bridgehead atoms. The summed E-state index contributed by atoms with van der Waals surface area (Å²) in [4.78, 5) is 3.99. The quantitative estimate of drug-likeness (QED) is 0.795. The Kier molecular flexibility index (Phi) is 3.14. The maximum Gasteiger partial charge on any atom is 0.213 e. The van der Waals surface area contributed by atoms with E-state index in [1.807, 2.05) is 0 Å². The number of aromatic nitrogens is 2. The minimum atomic E-state index is 0.651. The molecule has 0 spiro atoms. The Morgan fingerprint density at radius 1 is 1.57 bits per heavy atom. The van der Waals surface area contributed by atoms with E-state index in [9.17, 15) is 0 Å². The Labute approximate surface area is 84.1 Å². The number of hydrogen-bond acceptors (Lipinski definition) is 4. The van der Waals surface area contributed by atoms with Crippen LogP contribution in [0.3, 0.4) is 0 Å². The summed E-state index contributed by atoms with van der Waals surface area (Å²) in [5.41, 5.74) is 0. The molecule has 1 aliphatic rings. The zero-order chi connectivity index (χ0) is 9.80. The second kappa shape index (κ2) is 4.55. The summed E-state index contributed by atoms with van der Waals surface area (Å²) in [6.07, 6.45) is 6.64. The van der Waals surface area contributed by atoms with E-state index >= 15 is 0 Å². The largest absolute Gasteiger partial charge is 0.343 e. The molecule has 1 aliphatic carbocycles. The first-order valence-corrected chi connectivity index (χ1v) is 5.38. The molecule has 1 fully saturated rings. The van der Waals surface area contributed by atoms with Gasteiger partial charge in [-0.25, -0.2) is 0 Å². The minimum Gasteiger partial charge on any atom is -0.343 e. The van der Waals surface area contributed by atoms with Crippen LogP contribution in [0.25, 0.3) is 0 Å². The molecular formula is C10H17N3O. The third-order valence-corrected chi connectivity index (χ3v) is 3.11. The highest BCUT2D eigenvalue weighted by Crippen LogP contribution is 2.28. The van der Waals surface area contributed by atoms with Gasteiger partial charge in [-0.15, -0.1) is 0 Å². The number of nitrogens with one attached hydrogen (secondary N) is 1. The van der Waals surface area contributed by atoms with Gasteiger partial charge in [0.2, 0.25) is 6.39 Å². The molecule has 1 saturated carbocycles. The predicted octanol–water partition coefficient (Wildman–Crippen LogP) is 1.74. The number of hydrogen-bond donors (Lipinski definition) is 1. The molecule has 0 saturated heterocycles. The first-order chi connectivity index (χ1) is 6.90. The zero-order valence-corrected chi connectivity index (χ0v) is 8.57.